The molecule has 0 fully saturated rings. The van der Waals surface area contributed by atoms with E-state index in [1.807, 2.05) is 0 Å². The van der Waals surface area contributed by atoms with E-state index in [9.17, 15) is 31.9 Å². The number of imidazole rings is 1. The van der Waals surface area contributed by atoms with Crippen molar-refractivity contribution < 1.29 is 45.7 Å². The molecule has 0 saturated heterocycles. The van der Waals surface area contributed by atoms with Gasteiger partial charge in [-0.3, -0.25) is 4.79 Å². The molecule has 2 N–H and O–H groups in total. The average Bonchev–Trinajstić information content (AvgIpc) is 3.33. The number of benzene rings is 2. The fraction of sp³-hybridized carbons (Fsp3) is 0.308. The molecule has 2 atom stereocenters. The molecule has 4 aromatic rings. The van der Waals surface area contributed by atoms with Gasteiger partial charge >= 0.3 is 13.0 Å². The van der Waals surface area contributed by atoms with Crippen LogP contribution in [-0.4, -0.2) is 43.5 Å². The summed E-state index contributed by atoms with van der Waals surface area (Å²) < 4.78 is 90.9. The predicted molar refractivity (Wildman–Crippen MR) is 129 cm³/mol. The molecule has 2 bridgehead atoms. The topological polar surface area (TPSA) is 111 Å². The van der Waals surface area contributed by atoms with E-state index >= 15 is 4.39 Å². The zero-order chi connectivity index (χ0) is 29.4. The highest BCUT2D eigenvalue weighted by molar-refractivity contribution is 5.98. The predicted octanol–water partition coefficient (Wildman–Crippen LogP) is 5.14. The van der Waals surface area contributed by atoms with Gasteiger partial charge in [0.25, 0.3) is 5.91 Å². The summed E-state index contributed by atoms with van der Waals surface area (Å²) in [5.41, 5.74) is -0.877. The van der Waals surface area contributed by atoms with E-state index in [1.165, 1.54) is 32.3 Å². The van der Waals surface area contributed by atoms with E-state index in [-0.39, 0.29) is 40.0 Å². The van der Waals surface area contributed by atoms with Crippen LogP contribution in [0.15, 0.2) is 36.7 Å². The monoisotopic (exact) mass is 579 g/mol. The second-order valence-corrected chi connectivity index (χ2v) is 10.1. The van der Waals surface area contributed by atoms with Crippen molar-refractivity contribution in [3.8, 4) is 22.6 Å². The molecule has 4 heterocycles. The van der Waals surface area contributed by atoms with Crippen molar-refractivity contribution in [2.45, 2.75) is 50.9 Å². The Kier molecular flexibility index (Phi) is 5.92. The minimum atomic E-state index is -5.15. The van der Waals surface area contributed by atoms with Crippen molar-refractivity contribution in [3.63, 3.8) is 0 Å². The number of hydrogen-bond donors (Lipinski definition) is 2. The molecule has 2 aliphatic heterocycles. The number of carbonyl (C=O) groups excluding carboxylic acids is 1. The molecule has 2 aromatic heterocycles. The van der Waals surface area contributed by atoms with Gasteiger partial charge in [-0.1, -0.05) is 0 Å². The highest BCUT2D eigenvalue weighted by Crippen LogP contribution is 2.49. The van der Waals surface area contributed by atoms with E-state index in [0.29, 0.717) is 17.4 Å². The van der Waals surface area contributed by atoms with Crippen LogP contribution in [0.5, 0.6) is 11.5 Å². The second kappa shape index (κ2) is 9.06. The smallest absolute Gasteiger partial charge is 0.434 e. The molecule has 0 radical (unpaired) electrons. The van der Waals surface area contributed by atoms with Crippen molar-refractivity contribution in [3.05, 3.63) is 65.3 Å². The second-order valence-electron chi connectivity index (χ2n) is 10.1. The minimum absolute atomic E-state index is 0.0731. The normalized spacial score (nSPS) is 18.2. The summed E-state index contributed by atoms with van der Waals surface area (Å²) in [7, 11) is 0. The Labute approximate surface area is 226 Å². The van der Waals surface area contributed by atoms with Gasteiger partial charge in [-0.15, -0.1) is 13.2 Å². The molecule has 214 valence electrons. The molecule has 2 aromatic carbocycles. The lowest BCUT2D eigenvalue weighted by Gasteiger charge is -2.22. The van der Waals surface area contributed by atoms with E-state index in [4.69, 9.17) is 0 Å². The molecule has 1 amide bonds. The molecular formula is C26H19F6N5O4. The van der Waals surface area contributed by atoms with Gasteiger partial charge in [-0.2, -0.15) is 8.78 Å². The Balaban J connectivity index is 1.52. The van der Waals surface area contributed by atoms with Gasteiger partial charge in [0.05, 0.1) is 28.7 Å². The molecule has 0 spiro atoms. The van der Waals surface area contributed by atoms with E-state index in [2.05, 4.69) is 29.7 Å². The molecule has 0 saturated carbocycles. The van der Waals surface area contributed by atoms with E-state index in [1.54, 1.807) is 4.57 Å². The Morgan fingerprint density at radius 1 is 1.10 bits per heavy atom. The number of hydrogen-bond acceptors (Lipinski definition) is 7. The van der Waals surface area contributed by atoms with Crippen LogP contribution in [-0.2, 0) is 5.60 Å². The van der Waals surface area contributed by atoms with Crippen LogP contribution in [0.2, 0.25) is 0 Å². The first-order chi connectivity index (χ1) is 19.2. The van der Waals surface area contributed by atoms with Crippen LogP contribution >= 0.6 is 0 Å². The molecule has 15 heteroatoms. The van der Waals surface area contributed by atoms with Gasteiger partial charge < -0.3 is 24.5 Å². The third-order valence-electron chi connectivity index (χ3n) is 6.85. The highest BCUT2D eigenvalue weighted by atomic mass is 19.4. The SMILES string of the molecule is CC(C)(O)c1ncc(-c2cc3c(cc2F)nc2n3[C@@H]3C[C@H]2NC(=O)c2cc(OC(F)(F)F)cc(OC(F)F)c23)cn1. The minimum Gasteiger partial charge on any atom is -0.434 e. The molecule has 2 aliphatic rings. The van der Waals surface area contributed by atoms with Crippen LogP contribution in [0.3, 0.4) is 0 Å². The van der Waals surface area contributed by atoms with Crippen molar-refractivity contribution in [2.24, 2.45) is 0 Å². The quantitative estimate of drug-likeness (QED) is 0.315. The largest absolute Gasteiger partial charge is 0.573 e. The van der Waals surface area contributed by atoms with Gasteiger partial charge in [0, 0.05) is 41.2 Å². The average molecular weight is 579 g/mol. The summed E-state index contributed by atoms with van der Waals surface area (Å²) in [6, 6.07) is 2.41. The zero-order valence-electron chi connectivity index (χ0n) is 21.1. The number of carbonyl (C=O) groups is 1. The number of fused-ring (bicyclic) bond motifs is 9. The lowest BCUT2D eigenvalue weighted by atomic mass is 9.97. The number of amides is 1. The maximum Gasteiger partial charge on any atom is 0.573 e. The highest BCUT2D eigenvalue weighted by Gasteiger charge is 2.43. The first-order valence-corrected chi connectivity index (χ1v) is 12.2. The van der Waals surface area contributed by atoms with Gasteiger partial charge in [0.1, 0.15) is 28.7 Å². The summed E-state index contributed by atoms with van der Waals surface area (Å²) in [4.78, 5) is 25.7. The third kappa shape index (κ3) is 4.69. The number of rotatable bonds is 5. The van der Waals surface area contributed by atoms with E-state index in [0.717, 1.165) is 12.1 Å². The lowest BCUT2D eigenvalue weighted by Crippen LogP contribution is -2.28. The van der Waals surface area contributed by atoms with E-state index < -0.39 is 53.9 Å². The van der Waals surface area contributed by atoms with Gasteiger partial charge in [-0.25, -0.2) is 19.3 Å². The van der Waals surface area contributed by atoms with Gasteiger partial charge in [0.15, 0.2) is 5.82 Å². The van der Waals surface area contributed by atoms with Crippen LogP contribution in [0.4, 0.5) is 26.3 Å². The summed E-state index contributed by atoms with van der Waals surface area (Å²) in [6.45, 7) is -0.438. The van der Waals surface area contributed by atoms with Crippen LogP contribution in [0, 0.1) is 5.82 Å². The molecule has 41 heavy (non-hydrogen) atoms. The Hall–Kier alpha value is -4.40. The molecule has 6 rings (SSSR count). The molecule has 0 unspecified atom stereocenters. The third-order valence-corrected chi connectivity index (χ3v) is 6.85. The maximum absolute atomic E-state index is 15.2. The Bertz CT molecular complexity index is 1700. The van der Waals surface area contributed by atoms with Crippen LogP contribution in [0.1, 0.15) is 59.9 Å². The molecular weight excluding hydrogens is 560 g/mol. The van der Waals surface area contributed by atoms with Gasteiger partial charge in [-0.05, 0) is 32.4 Å². The van der Waals surface area contributed by atoms with Crippen LogP contribution in [0.25, 0.3) is 22.2 Å². The van der Waals surface area contributed by atoms with Crippen molar-refractivity contribution in [1.82, 2.24) is 24.8 Å². The summed E-state index contributed by atoms with van der Waals surface area (Å²) >= 11 is 0. The first kappa shape index (κ1) is 26.8. The first-order valence-electron chi connectivity index (χ1n) is 12.2. The Morgan fingerprint density at radius 2 is 1.80 bits per heavy atom. The number of aliphatic hydroxyl groups is 1. The standard InChI is InChI=1S/C26H19F6N5O4/c1-25(2,39)23-33-8-10(9-34-23)12-5-17-15(6-14(12)27)35-21-16-7-18(37(17)21)20-13(22(38)36-16)3-11(41-26(30,31)32)4-19(20)40-24(28)29/h3-6,8-9,16,18,24,39H,7H2,1-2H3,(H,36,38)/t16-,18-/m1/s1. The van der Waals surface area contributed by atoms with Crippen molar-refractivity contribution in [1.29, 1.82) is 0 Å². The fourth-order valence-corrected chi connectivity index (χ4v) is 5.27. The summed E-state index contributed by atoms with van der Waals surface area (Å²) in [5, 5.41) is 12.8. The molecule has 9 nitrogen and oxygen atoms in total. The lowest BCUT2D eigenvalue weighted by molar-refractivity contribution is -0.274. The Morgan fingerprint density at radius 3 is 2.44 bits per heavy atom. The fourth-order valence-electron chi connectivity index (χ4n) is 5.27. The summed E-state index contributed by atoms with van der Waals surface area (Å²) in [6.07, 6.45) is -2.37. The number of alkyl halides is 5. The summed E-state index contributed by atoms with van der Waals surface area (Å²) in [5.74, 6) is -2.68. The van der Waals surface area contributed by atoms with Crippen molar-refractivity contribution in [2.75, 3.05) is 0 Å². The number of aromatic nitrogens is 4. The van der Waals surface area contributed by atoms with Crippen LogP contribution < -0.4 is 14.8 Å². The van der Waals surface area contributed by atoms with Gasteiger partial charge in [0.2, 0.25) is 0 Å². The number of nitrogens with zero attached hydrogens (tertiary/aromatic N) is 4. The van der Waals surface area contributed by atoms with Crippen molar-refractivity contribution >= 4 is 16.9 Å². The maximum atomic E-state index is 15.2. The number of ether oxygens (including phenoxy) is 2. The zero-order valence-corrected chi connectivity index (χ0v) is 21.1. The molecule has 0 aliphatic carbocycles. The number of nitrogens with one attached hydrogen (secondary N) is 1. The number of halogens is 6.